The van der Waals surface area contributed by atoms with Crippen LogP contribution in [0.3, 0.4) is 0 Å². The molecule has 1 aromatic heterocycles. The summed E-state index contributed by atoms with van der Waals surface area (Å²) in [6.45, 7) is 7.19. The quantitative estimate of drug-likeness (QED) is 0.787. The third-order valence-corrected chi connectivity index (χ3v) is 2.82. The van der Waals surface area contributed by atoms with Crippen molar-refractivity contribution in [3.8, 4) is 0 Å². The van der Waals surface area contributed by atoms with Gasteiger partial charge in [0.1, 0.15) is 5.82 Å². The van der Waals surface area contributed by atoms with E-state index in [1.165, 1.54) is 6.07 Å². The van der Waals surface area contributed by atoms with Gasteiger partial charge in [-0.1, -0.05) is 13.8 Å². The minimum absolute atomic E-state index is 0.174. The van der Waals surface area contributed by atoms with E-state index in [0.717, 1.165) is 30.5 Å². The third kappa shape index (κ3) is 3.07. The molecule has 92 valence electrons. The zero-order chi connectivity index (χ0) is 12.3. The molecule has 2 aromatic rings. The highest BCUT2D eigenvalue weighted by atomic mass is 19.1. The van der Waals surface area contributed by atoms with E-state index in [4.69, 9.17) is 0 Å². The molecule has 0 saturated carbocycles. The standard InChI is InChI=1S/C14H19FN2/c1-11(2)10-16-6-8-17-7-5-12-3-4-13(15)9-14(12)17/h3-5,7,9,11,16H,6,8,10H2,1-2H3. The van der Waals surface area contributed by atoms with E-state index in [0.29, 0.717) is 5.92 Å². The van der Waals surface area contributed by atoms with Crippen molar-refractivity contribution in [2.45, 2.75) is 20.4 Å². The Bertz CT molecular complexity index is 488. The first-order chi connectivity index (χ1) is 8.16. The van der Waals surface area contributed by atoms with E-state index in [9.17, 15) is 4.39 Å². The number of hydrogen-bond donors (Lipinski definition) is 1. The molecule has 0 amide bonds. The molecule has 0 radical (unpaired) electrons. The van der Waals surface area contributed by atoms with Gasteiger partial charge in [-0.05, 0) is 42.1 Å². The van der Waals surface area contributed by atoms with Gasteiger partial charge in [0, 0.05) is 19.3 Å². The van der Waals surface area contributed by atoms with Crippen LogP contribution < -0.4 is 5.32 Å². The van der Waals surface area contributed by atoms with Gasteiger partial charge >= 0.3 is 0 Å². The highest BCUT2D eigenvalue weighted by Crippen LogP contribution is 2.16. The van der Waals surface area contributed by atoms with Crippen LogP contribution in [0.25, 0.3) is 10.9 Å². The largest absolute Gasteiger partial charge is 0.346 e. The molecule has 0 aliphatic heterocycles. The van der Waals surface area contributed by atoms with Crippen molar-refractivity contribution >= 4 is 10.9 Å². The van der Waals surface area contributed by atoms with Crippen LogP contribution in [-0.2, 0) is 6.54 Å². The summed E-state index contributed by atoms with van der Waals surface area (Å²) in [5, 5.41) is 4.48. The number of nitrogens with zero attached hydrogens (tertiary/aromatic N) is 1. The first kappa shape index (κ1) is 12.1. The zero-order valence-corrected chi connectivity index (χ0v) is 10.4. The number of benzene rings is 1. The maximum Gasteiger partial charge on any atom is 0.125 e. The molecule has 0 fully saturated rings. The summed E-state index contributed by atoms with van der Waals surface area (Å²) >= 11 is 0. The van der Waals surface area contributed by atoms with E-state index in [2.05, 4.69) is 23.7 Å². The van der Waals surface area contributed by atoms with E-state index in [1.807, 2.05) is 18.3 Å². The molecule has 0 aliphatic carbocycles. The van der Waals surface area contributed by atoms with Gasteiger partial charge in [0.2, 0.25) is 0 Å². The lowest BCUT2D eigenvalue weighted by Gasteiger charge is -2.09. The van der Waals surface area contributed by atoms with Gasteiger partial charge in [-0.15, -0.1) is 0 Å². The fraction of sp³-hybridized carbons (Fsp3) is 0.429. The average Bonchev–Trinajstić information content (AvgIpc) is 2.67. The van der Waals surface area contributed by atoms with Crippen LogP contribution in [0.1, 0.15) is 13.8 Å². The predicted molar refractivity (Wildman–Crippen MR) is 69.6 cm³/mol. The third-order valence-electron chi connectivity index (χ3n) is 2.82. The smallest absolute Gasteiger partial charge is 0.125 e. The summed E-state index contributed by atoms with van der Waals surface area (Å²) in [6.07, 6.45) is 2.02. The molecule has 0 aliphatic rings. The van der Waals surface area contributed by atoms with Gasteiger partial charge in [-0.3, -0.25) is 0 Å². The van der Waals surface area contributed by atoms with Crippen LogP contribution in [0.15, 0.2) is 30.5 Å². The maximum absolute atomic E-state index is 13.2. The fourth-order valence-electron chi connectivity index (χ4n) is 1.94. The van der Waals surface area contributed by atoms with Gasteiger partial charge in [0.15, 0.2) is 0 Å². The second-order valence-corrected chi connectivity index (χ2v) is 4.81. The molecule has 1 N–H and O–H groups in total. The van der Waals surface area contributed by atoms with Crippen molar-refractivity contribution in [1.82, 2.24) is 9.88 Å². The molecule has 1 heterocycles. The van der Waals surface area contributed by atoms with Gasteiger partial charge in [0.05, 0.1) is 5.52 Å². The number of nitrogens with one attached hydrogen (secondary N) is 1. The van der Waals surface area contributed by atoms with Crippen molar-refractivity contribution in [3.63, 3.8) is 0 Å². The highest BCUT2D eigenvalue weighted by Gasteiger charge is 2.02. The lowest BCUT2D eigenvalue weighted by atomic mass is 10.2. The molecular weight excluding hydrogens is 215 g/mol. The van der Waals surface area contributed by atoms with Crippen LogP contribution in [-0.4, -0.2) is 17.7 Å². The number of fused-ring (bicyclic) bond motifs is 1. The second-order valence-electron chi connectivity index (χ2n) is 4.81. The number of hydrogen-bond acceptors (Lipinski definition) is 1. The molecule has 3 heteroatoms. The van der Waals surface area contributed by atoms with E-state index in [-0.39, 0.29) is 5.82 Å². The number of halogens is 1. The summed E-state index contributed by atoms with van der Waals surface area (Å²) in [4.78, 5) is 0. The monoisotopic (exact) mass is 234 g/mol. The normalized spacial score (nSPS) is 11.5. The van der Waals surface area contributed by atoms with Gasteiger partial charge in [0.25, 0.3) is 0 Å². The van der Waals surface area contributed by atoms with Gasteiger partial charge in [-0.2, -0.15) is 0 Å². The van der Waals surface area contributed by atoms with E-state index in [1.54, 1.807) is 6.07 Å². The molecule has 17 heavy (non-hydrogen) atoms. The molecular formula is C14H19FN2. The summed E-state index contributed by atoms with van der Waals surface area (Å²) in [5.74, 6) is 0.487. The molecule has 0 unspecified atom stereocenters. The Morgan fingerprint density at radius 3 is 2.88 bits per heavy atom. The van der Waals surface area contributed by atoms with E-state index < -0.39 is 0 Å². The molecule has 2 nitrogen and oxygen atoms in total. The van der Waals surface area contributed by atoms with Crippen LogP contribution in [0.2, 0.25) is 0 Å². The first-order valence-corrected chi connectivity index (χ1v) is 6.12. The van der Waals surface area contributed by atoms with Crippen LogP contribution >= 0.6 is 0 Å². The Morgan fingerprint density at radius 2 is 2.12 bits per heavy atom. The zero-order valence-electron chi connectivity index (χ0n) is 10.4. The van der Waals surface area contributed by atoms with Crippen molar-refractivity contribution in [1.29, 1.82) is 0 Å². The van der Waals surface area contributed by atoms with Gasteiger partial charge < -0.3 is 9.88 Å². The SMILES string of the molecule is CC(C)CNCCn1ccc2ccc(F)cc21. The first-order valence-electron chi connectivity index (χ1n) is 6.12. The van der Waals surface area contributed by atoms with Crippen molar-refractivity contribution in [2.75, 3.05) is 13.1 Å². The molecule has 0 spiro atoms. The minimum atomic E-state index is -0.174. The average molecular weight is 234 g/mol. The number of rotatable bonds is 5. The molecule has 0 saturated heterocycles. The lowest BCUT2D eigenvalue weighted by Crippen LogP contribution is -2.23. The van der Waals surface area contributed by atoms with Crippen LogP contribution in [0.4, 0.5) is 4.39 Å². The summed E-state index contributed by atoms with van der Waals surface area (Å²) in [5.41, 5.74) is 0.969. The summed E-state index contributed by atoms with van der Waals surface area (Å²) < 4.78 is 15.2. The molecule has 2 rings (SSSR count). The number of aromatic nitrogens is 1. The fourth-order valence-corrected chi connectivity index (χ4v) is 1.94. The van der Waals surface area contributed by atoms with Crippen molar-refractivity contribution in [3.05, 3.63) is 36.3 Å². The minimum Gasteiger partial charge on any atom is -0.346 e. The Hall–Kier alpha value is -1.35. The summed E-state index contributed by atoms with van der Waals surface area (Å²) in [7, 11) is 0. The van der Waals surface area contributed by atoms with Gasteiger partial charge in [-0.25, -0.2) is 4.39 Å². The summed E-state index contributed by atoms with van der Waals surface area (Å²) in [6, 6.07) is 6.95. The molecule has 0 bridgehead atoms. The van der Waals surface area contributed by atoms with Crippen molar-refractivity contribution in [2.24, 2.45) is 5.92 Å². The molecule has 0 atom stereocenters. The molecule has 1 aromatic carbocycles. The highest BCUT2D eigenvalue weighted by molar-refractivity contribution is 5.80. The van der Waals surface area contributed by atoms with E-state index >= 15 is 0 Å². The maximum atomic E-state index is 13.2. The Kier molecular flexibility index (Phi) is 3.79. The Morgan fingerprint density at radius 1 is 1.29 bits per heavy atom. The van der Waals surface area contributed by atoms with Crippen molar-refractivity contribution < 1.29 is 4.39 Å². The van der Waals surface area contributed by atoms with Crippen LogP contribution in [0, 0.1) is 11.7 Å². The second kappa shape index (κ2) is 5.32. The topological polar surface area (TPSA) is 17.0 Å². The Balaban J connectivity index is 2.01. The lowest BCUT2D eigenvalue weighted by molar-refractivity contribution is 0.528. The van der Waals surface area contributed by atoms with Crippen LogP contribution in [0.5, 0.6) is 0 Å². The Labute approximate surface area is 101 Å². The predicted octanol–water partition coefficient (Wildman–Crippen LogP) is 3.03.